The highest BCUT2D eigenvalue weighted by Gasteiger charge is 2.22. The highest BCUT2D eigenvalue weighted by atomic mass is 32.1. The molecule has 3 heterocycles. The molecule has 1 saturated carbocycles. The van der Waals surface area contributed by atoms with Crippen LogP contribution in [0.3, 0.4) is 0 Å². The Kier molecular flexibility index (Phi) is 7.02. The second-order valence-corrected chi connectivity index (χ2v) is 9.04. The molecular weight excluding hydrogens is 384 g/mol. The van der Waals surface area contributed by atoms with Gasteiger partial charge in [0.1, 0.15) is 11.6 Å². The lowest BCUT2D eigenvalue weighted by molar-refractivity contribution is 0.122. The van der Waals surface area contributed by atoms with Gasteiger partial charge in [0.2, 0.25) is 5.95 Å². The largest absolute Gasteiger partial charge is 0.378 e. The summed E-state index contributed by atoms with van der Waals surface area (Å²) in [5, 5.41) is 7.37. The first-order valence-electron chi connectivity index (χ1n) is 11.2. The van der Waals surface area contributed by atoms with Gasteiger partial charge in [0, 0.05) is 38.3 Å². The molecule has 1 aromatic heterocycles. The predicted octanol–water partition coefficient (Wildman–Crippen LogP) is 3.17. The Balaban J connectivity index is 1.51. The topological polar surface area (TPSA) is 65.6 Å². The SMILES string of the molecule is C[C@@H]1CCCN(c2cc(N3CCOCC3)nc(NC(=S)NC3CCCCC3)n2)C1. The molecule has 7 nitrogen and oxygen atoms in total. The third kappa shape index (κ3) is 5.69. The van der Waals surface area contributed by atoms with Crippen LogP contribution in [-0.4, -0.2) is 60.5 Å². The van der Waals surface area contributed by atoms with E-state index in [1.807, 2.05) is 0 Å². The summed E-state index contributed by atoms with van der Waals surface area (Å²) in [7, 11) is 0. The lowest BCUT2D eigenvalue weighted by Gasteiger charge is -2.33. The van der Waals surface area contributed by atoms with Crippen LogP contribution in [0.2, 0.25) is 0 Å². The fourth-order valence-corrected chi connectivity index (χ4v) is 4.82. The molecule has 0 unspecified atom stereocenters. The zero-order chi connectivity index (χ0) is 20.1. The van der Waals surface area contributed by atoms with Gasteiger partial charge in [0.25, 0.3) is 0 Å². The van der Waals surface area contributed by atoms with Gasteiger partial charge >= 0.3 is 0 Å². The fraction of sp³-hybridized carbons (Fsp3) is 0.762. The summed E-state index contributed by atoms with van der Waals surface area (Å²) in [6.07, 6.45) is 8.77. The van der Waals surface area contributed by atoms with Crippen molar-refractivity contribution >= 4 is 34.9 Å². The minimum atomic E-state index is 0.466. The van der Waals surface area contributed by atoms with Gasteiger partial charge in [-0.3, -0.25) is 0 Å². The zero-order valence-corrected chi connectivity index (χ0v) is 18.3. The molecule has 8 heteroatoms. The Hall–Kier alpha value is -1.67. The average molecular weight is 419 g/mol. The number of thiocarbonyl (C=S) groups is 1. The van der Waals surface area contributed by atoms with Crippen LogP contribution >= 0.6 is 12.2 Å². The van der Waals surface area contributed by atoms with E-state index in [4.69, 9.17) is 26.9 Å². The van der Waals surface area contributed by atoms with Crippen molar-refractivity contribution in [3.05, 3.63) is 6.07 Å². The van der Waals surface area contributed by atoms with Gasteiger partial charge in [0.15, 0.2) is 5.11 Å². The van der Waals surface area contributed by atoms with Gasteiger partial charge < -0.3 is 25.2 Å². The van der Waals surface area contributed by atoms with Crippen LogP contribution in [0.1, 0.15) is 51.9 Å². The molecule has 0 amide bonds. The number of hydrogen-bond donors (Lipinski definition) is 2. The van der Waals surface area contributed by atoms with E-state index < -0.39 is 0 Å². The molecule has 0 aromatic carbocycles. The van der Waals surface area contributed by atoms with E-state index >= 15 is 0 Å². The van der Waals surface area contributed by atoms with Gasteiger partial charge in [-0.2, -0.15) is 9.97 Å². The number of rotatable bonds is 4. The smallest absolute Gasteiger partial charge is 0.232 e. The third-order valence-electron chi connectivity index (χ3n) is 6.18. The monoisotopic (exact) mass is 418 g/mol. The molecule has 3 aliphatic rings. The minimum Gasteiger partial charge on any atom is -0.378 e. The van der Waals surface area contributed by atoms with Gasteiger partial charge in [-0.1, -0.05) is 26.2 Å². The molecule has 4 rings (SSSR count). The van der Waals surface area contributed by atoms with Crippen LogP contribution in [0.4, 0.5) is 17.6 Å². The molecule has 1 aromatic rings. The molecule has 0 spiro atoms. The maximum absolute atomic E-state index is 5.59. The number of aromatic nitrogens is 2. The van der Waals surface area contributed by atoms with Crippen LogP contribution in [0.5, 0.6) is 0 Å². The highest BCUT2D eigenvalue weighted by Crippen LogP contribution is 2.26. The molecule has 29 heavy (non-hydrogen) atoms. The van der Waals surface area contributed by atoms with Crippen molar-refractivity contribution in [2.75, 3.05) is 54.5 Å². The third-order valence-corrected chi connectivity index (χ3v) is 6.40. The number of ether oxygens (including phenoxy) is 1. The first kappa shape index (κ1) is 20.6. The maximum atomic E-state index is 5.59. The van der Waals surface area contributed by atoms with Crippen molar-refractivity contribution in [3.8, 4) is 0 Å². The lowest BCUT2D eigenvalue weighted by Crippen LogP contribution is -2.40. The van der Waals surface area contributed by atoms with Gasteiger partial charge in [-0.15, -0.1) is 0 Å². The van der Waals surface area contributed by atoms with Crippen molar-refractivity contribution in [3.63, 3.8) is 0 Å². The zero-order valence-electron chi connectivity index (χ0n) is 17.5. The van der Waals surface area contributed by atoms with Crippen LogP contribution in [-0.2, 0) is 4.74 Å². The number of hydrogen-bond acceptors (Lipinski definition) is 6. The van der Waals surface area contributed by atoms with Gasteiger partial charge in [0.05, 0.1) is 13.2 Å². The quantitative estimate of drug-likeness (QED) is 0.723. The maximum Gasteiger partial charge on any atom is 0.232 e. The molecule has 0 radical (unpaired) electrons. The molecule has 3 fully saturated rings. The number of morpholine rings is 1. The van der Waals surface area contributed by atoms with E-state index in [9.17, 15) is 0 Å². The summed E-state index contributed by atoms with van der Waals surface area (Å²) >= 11 is 5.59. The molecule has 1 atom stereocenters. The Bertz CT molecular complexity index is 690. The second-order valence-electron chi connectivity index (χ2n) is 8.63. The lowest BCUT2D eigenvalue weighted by atomic mass is 9.96. The van der Waals surface area contributed by atoms with E-state index in [-0.39, 0.29) is 0 Å². The molecule has 160 valence electrons. The predicted molar refractivity (Wildman–Crippen MR) is 122 cm³/mol. The Morgan fingerprint density at radius 2 is 1.72 bits per heavy atom. The van der Waals surface area contributed by atoms with E-state index in [1.54, 1.807) is 0 Å². The van der Waals surface area contributed by atoms with E-state index in [0.29, 0.717) is 23.0 Å². The summed E-state index contributed by atoms with van der Waals surface area (Å²) in [5.41, 5.74) is 0. The van der Waals surface area contributed by atoms with Crippen molar-refractivity contribution in [1.82, 2.24) is 15.3 Å². The number of nitrogens with one attached hydrogen (secondary N) is 2. The molecule has 0 bridgehead atoms. The fourth-order valence-electron chi connectivity index (χ4n) is 4.56. The van der Waals surface area contributed by atoms with Gasteiger partial charge in [-0.25, -0.2) is 0 Å². The van der Waals surface area contributed by atoms with Crippen LogP contribution < -0.4 is 20.4 Å². The molecule has 1 aliphatic carbocycles. The first-order valence-corrected chi connectivity index (χ1v) is 11.6. The van der Waals surface area contributed by atoms with Crippen LogP contribution in [0, 0.1) is 5.92 Å². The summed E-state index contributed by atoms with van der Waals surface area (Å²) in [4.78, 5) is 14.3. The number of nitrogens with zero attached hydrogens (tertiary/aromatic N) is 4. The second kappa shape index (κ2) is 9.89. The van der Waals surface area contributed by atoms with Crippen molar-refractivity contribution in [2.45, 2.75) is 57.9 Å². The average Bonchev–Trinajstić information content (AvgIpc) is 2.75. The summed E-state index contributed by atoms with van der Waals surface area (Å²) in [6.45, 7) is 7.61. The molecule has 2 saturated heterocycles. The summed E-state index contributed by atoms with van der Waals surface area (Å²) in [5.74, 6) is 3.24. The number of anilines is 3. The molecule has 2 N–H and O–H groups in total. The van der Waals surface area contributed by atoms with E-state index in [0.717, 1.165) is 51.0 Å². The van der Waals surface area contributed by atoms with Gasteiger partial charge in [-0.05, 0) is 43.8 Å². The molecular formula is C21H34N6OS. The Morgan fingerprint density at radius 3 is 2.45 bits per heavy atom. The minimum absolute atomic E-state index is 0.466. The number of piperidine rings is 1. The van der Waals surface area contributed by atoms with Crippen LogP contribution in [0.25, 0.3) is 0 Å². The molecule has 2 aliphatic heterocycles. The van der Waals surface area contributed by atoms with Crippen molar-refractivity contribution in [2.24, 2.45) is 5.92 Å². The van der Waals surface area contributed by atoms with Crippen molar-refractivity contribution < 1.29 is 4.74 Å². The standard InChI is InChI=1S/C21H34N6OS/c1-16-6-5-9-27(15-16)19-14-18(26-10-12-28-13-11-26)23-20(24-19)25-21(29)22-17-7-3-2-4-8-17/h14,16-17H,2-13,15H2,1H3,(H2,22,23,24,25,29)/t16-/m1/s1. The Labute approximate surface area is 179 Å². The van der Waals surface area contributed by atoms with Crippen molar-refractivity contribution in [1.29, 1.82) is 0 Å². The normalized spacial score (nSPS) is 23.7. The summed E-state index contributed by atoms with van der Waals surface area (Å²) < 4.78 is 5.52. The summed E-state index contributed by atoms with van der Waals surface area (Å²) in [6, 6.07) is 2.60. The Morgan fingerprint density at radius 1 is 1.00 bits per heavy atom. The van der Waals surface area contributed by atoms with E-state index in [1.165, 1.54) is 44.9 Å². The van der Waals surface area contributed by atoms with Crippen LogP contribution in [0.15, 0.2) is 6.07 Å². The highest BCUT2D eigenvalue weighted by molar-refractivity contribution is 7.80. The van der Waals surface area contributed by atoms with E-state index in [2.05, 4.69) is 33.4 Å². The first-order chi connectivity index (χ1) is 14.2.